The number of carbonyl (C=O) groups excluding carboxylic acids is 4. The van der Waals surface area contributed by atoms with Crippen molar-refractivity contribution in [3.63, 3.8) is 0 Å². The van der Waals surface area contributed by atoms with Gasteiger partial charge in [0.2, 0.25) is 17.7 Å². The van der Waals surface area contributed by atoms with E-state index in [0.717, 1.165) is 16.0 Å². The monoisotopic (exact) mass is 478 g/mol. The van der Waals surface area contributed by atoms with Gasteiger partial charge in [0.05, 0.1) is 13.0 Å². The van der Waals surface area contributed by atoms with Crippen molar-refractivity contribution in [3.05, 3.63) is 34.9 Å². The molecule has 1 aromatic rings. The van der Waals surface area contributed by atoms with E-state index in [1.807, 2.05) is 26.0 Å². The van der Waals surface area contributed by atoms with Gasteiger partial charge < -0.3 is 31.1 Å². The maximum atomic E-state index is 13.6. The summed E-state index contributed by atoms with van der Waals surface area (Å²) in [6.07, 6.45) is -1.42. The molecule has 0 heterocycles. The van der Waals surface area contributed by atoms with Crippen LogP contribution < -0.4 is 16.4 Å². The van der Waals surface area contributed by atoms with Gasteiger partial charge in [-0.2, -0.15) is 0 Å². The molecule has 34 heavy (non-hydrogen) atoms. The standard InChI is InChI=1S/C24H38N4O6/c1-14(2)26-21(31)20(17-12-15(3)8-9-16(17)4)28(10-11-29)22(32)18(13-19(25)30)27-23(33)34-24(5,6)7/h8-9,12,14,18,20,29H,10-11,13H2,1-7H3,(H2,25,30)(H,26,31)(H,27,33). The molecular formula is C24H38N4O6. The third kappa shape index (κ3) is 9.01. The number of nitrogens with zero attached hydrogens (tertiary/aromatic N) is 1. The highest BCUT2D eigenvalue weighted by atomic mass is 16.6. The lowest BCUT2D eigenvalue weighted by atomic mass is 9.95. The average Bonchev–Trinajstić information content (AvgIpc) is 2.66. The molecule has 2 unspecified atom stereocenters. The number of alkyl carbamates (subject to hydrolysis) is 1. The molecule has 0 spiro atoms. The second kappa shape index (κ2) is 12.4. The van der Waals surface area contributed by atoms with Crippen molar-refractivity contribution >= 4 is 23.8 Å². The summed E-state index contributed by atoms with van der Waals surface area (Å²) >= 11 is 0. The van der Waals surface area contributed by atoms with Gasteiger partial charge in [0.25, 0.3) is 0 Å². The molecule has 10 nitrogen and oxygen atoms in total. The van der Waals surface area contributed by atoms with Gasteiger partial charge >= 0.3 is 6.09 Å². The quantitative estimate of drug-likeness (QED) is 0.400. The number of aliphatic hydroxyl groups is 1. The fourth-order valence-electron chi connectivity index (χ4n) is 3.39. The Hall–Kier alpha value is -3.14. The van der Waals surface area contributed by atoms with E-state index in [1.54, 1.807) is 40.7 Å². The molecule has 0 saturated heterocycles. The van der Waals surface area contributed by atoms with Crippen LogP contribution in [-0.2, 0) is 19.1 Å². The first kappa shape index (κ1) is 28.9. The molecule has 0 bridgehead atoms. The maximum absolute atomic E-state index is 13.6. The van der Waals surface area contributed by atoms with Crippen LogP contribution in [0.15, 0.2) is 18.2 Å². The summed E-state index contributed by atoms with van der Waals surface area (Å²) in [6, 6.07) is 2.79. The van der Waals surface area contributed by atoms with Gasteiger partial charge in [-0.1, -0.05) is 23.8 Å². The number of carbonyl (C=O) groups is 4. The number of rotatable bonds is 10. The molecule has 5 N–H and O–H groups in total. The zero-order valence-corrected chi connectivity index (χ0v) is 21.1. The molecule has 190 valence electrons. The first-order valence-corrected chi connectivity index (χ1v) is 11.2. The van der Waals surface area contributed by atoms with E-state index in [9.17, 15) is 24.3 Å². The molecule has 0 radical (unpaired) electrons. The van der Waals surface area contributed by atoms with Crippen molar-refractivity contribution in [2.45, 2.75) is 78.6 Å². The van der Waals surface area contributed by atoms with Crippen molar-refractivity contribution in [1.82, 2.24) is 15.5 Å². The first-order valence-electron chi connectivity index (χ1n) is 11.2. The summed E-state index contributed by atoms with van der Waals surface area (Å²) in [6.45, 7) is 11.6. The SMILES string of the molecule is Cc1ccc(C)c(C(C(=O)NC(C)C)N(CCO)C(=O)C(CC(N)=O)NC(=O)OC(C)(C)C)c1. The lowest BCUT2D eigenvalue weighted by molar-refractivity contribution is -0.144. The molecule has 0 fully saturated rings. The second-order valence-corrected chi connectivity index (χ2v) is 9.55. The summed E-state index contributed by atoms with van der Waals surface area (Å²) in [7, 11) is 0. The molecule has 2 atom stereocenters. The summed E-state index contributed by atoms with van der Waals surface area (Å²) in [5, 5.41) is 14.9. The van der Waals surface area contributed by atoms with Crippen LogP contribution in [-0.4, -0.2) is 64.7 Å². The fourth-order valence-corrected chi connectivity index (χ4v) is 3.39. The van der Waals surface area contributed by atoms with E-state index in [1.165, 1.54) is 0 Å². The van der Waals surface area contributed by atoms with E-state index in [2.05, 4.69) is 10.6 Å². The lowest BCUT2D eigenvalue weighted by Crippen LogP contribution is -2.55. The van der Waals surface area contributed by atoms with Crippen molar-refractivity contribution < 1.29 is 29.0 Å². The highest BCUT2D eigenvalue weighted by molar-refractivity contribution is 5.94. The number of hydrogen-bond acceptors (Lipinski definition) is 6. The van der Waals surface area contributed by atoms with Gasteiger partial charge in [0.1, 0.15) is 17.7 Å². The van der Waals surface area contributed by atoms with Crippen LogP contribution in [0.1, 0.15) is 63.8 Å². The number of nitrogens with two attached hydrogens (primary N) is 1. The molecule has 4 amide bonds. The van der Waals surface area contributed by atoms with E-state index < -0.39 is 54.5 Å². The Labute approximate surface area is 201 Å². The molecule has 0 saturated carbocycles. The first-order chi connectivity index (χ1) is 15.7. The number of hydrogen-bond donors (Lipinski definition) is 4. The largest absolute Gasteiger partial charge is 0.444 e. The normalized spacial score (nSPS) is 13.1. The number of amides is 4. The fraction of sp³-hybridized carbons (Fsp3) is 0.583. The highest BCUT2D eigenvalue weighted by Gasteiger charge is 2.37. The van der Waals surface area contributed by atoms with Crippen molar-refractivity contribution in [1.29, 1.82) is 0 Å². The van der Waals surface area contributed by atoms with Crippen LogP contribution in [0.2, 0.25) is 0 Å². The minimum atomic E-state index is -1.39. The highest BCUT2D eigenvalue weighted by Crippen LogP contribution is 2.27. The summed E-state index contributed by atoms with van der Waals surface area (Å²) in [4.78, 5) is 52.2. The van der Waals surface area contributed by atoms with E-state index in [4.69, 9.17) is 10.5 Å². The van der Waals surface area contributed by atoms with Crippen LogP contribution in [0.4, 0.5) is 4.79 Å². The van der Waals surface area contributed by atoms with Gasteiger partial charge in [-0.05, 0) is 59.6 Å². The molecule has 0 aromatic heterocycles. The topological polar surface area (TPSA) is 151 Å². The number of aliphatic hydroxyl groups excluding tert-OH is 1. The number of ether oxygens (including phenoxy) is 1. The van der Waals surface area contributed by atoms with Crippen LogP contribution >= 0.6 is 0 Å². The van der Waals surface area contributed by atoms with E-state index in [-0.39, 0.29) is 12.6 Å². The number of nitrogens with one attached hydrogen (secondary N) is 2. The van der Waals surface area contributed by atoms with Gasteiger partial charge in [-0.25, -0.2) is 4.79 Å². The summed E-state index contributed by atoms with van der Waals surface area (Å²) < 4.78 is 5.22. The molecular weight excluding hydrogens is 440 g/mol. The lowest BCUT2D eigenvalue weighted by Gasteiger charge is -2.35. The number of primary amides is 1. The molecule has 1 aromatic carbocycles. The second-order valence-electron chi connectivity index (χ2n) is 9.55. The average molecular weight is 479 g/mol. The van der Waals surface area contributed by atoms with Crippen molar-refractivity contribution in [2.75, 3.05) is 13.2 Å². The maximum Gasteiger partial charge on any atom is 0.408 e. The van der Waals surface area contributed by atoms with Gasteiger partial charge in [-0.3, -0.25) is 14.4 Å². The smallest absolute Gasteiger partial charge is 0.408 e. The zero-order chi connectivity index (χ0) is 26.2. The van der Waals surface area contributed by atoms with Crippen molar-refractivity contribution in [2.24, 2.45) is 5.73 Å². The Balaban J connectivity index is 3.51. The summed E-state index contributed by atoms with van der Waals surface area (Å²) in [5.41, 5.74) is 6.70. The third-order valence-electron chi connectivity index (χ3n) is 4.74. The van der Waals surface area contributed by atoms with Crippen LogP contribution in [0.5, 0.6) is 0 Å². The Morgan fingerprint density at radius 3 is 2.24 bits per heavy atom. The minimum Gasteiger partial charge on any atom is -0.444 e. The Morgan fingerprint density at radius 1 is 1.12 bits per heavy atom. The van der Waals surface area contributed by atoms with Gasteiger partial charge in [0, 0.05) is 12.6 Å². The van der Waals surface area contributed by atoms with Crippen molar-refractivity contribution in [3.8, 4) is 0 Å². The molecule has 0 aliphatic carbocycles. The molecule has 10 heteroatoms. The predicted molar refractivity (Wildman–Crippen MR) is 128 cm³/mol. The number of aryl methyl sites for hydroxylation is 2. The minimum absolute atomic E-state index is 0.215. The van der Waals surface area contributed by atoms with Gasteiger partial charge in [0.15, 0.2) is 0 Å². The Morgan fingerprint density at radius 2 is 1.74 bits per heavy atom. The third-order valence-corrected chi connectivity index (χ3v) is 4.74. The van der Waals surface area contributed by atoms with Crippen LogP contribution in [0.25, 0.3) is 0 Å². The Bertz CT molecular complexity index is 894. The van der Waals surface area contributed by atoms with Crippen LogP contribution in [0.3, 0.4) is 0 Å². The Kier molecular flexibility index (Phi) is 10.5. The van der Waals surface area contributed by atoms with E-state index >= 15 is 0 Å². The zero-order valence-electron chi connectivity index (χ0n) is 21.1. The van der Waals surface area contributed by atoms with Gasteiger partial charge in [-0.15, -0.1) is 0 Å². The van der Waals surface area contributed by atoms with Crippen LogP contribution in [0, 0.1) is 13.8 Å². The summed E-state index contributed by atoms with van der Waals surface area (Å²) in [5.74, 6) is -2.03. The predicted octanol–water partition coefficient (Wildman–Crippen LogP) is 1.46. The molecule has 0 aliphatic rings. The molecule has 1 rings (SSSR count). The number of benzene rings is 1. The van der Waals surface area contributed by atoms with E-state index in [0.29, 0.717) is 5.56 Å². The molecule has 0 aliphatic heterocycles.